The highest BCUT2D eigenvalue weighted by Crippen LogP contribution is 2.30. The van der Waals surface area contributed by atoms with Crippen molar-refractivity contribution in [3.63, 3.8) is 0 Å². The summed E-state index contributed by atoms with van der Waals surface area (Å²) in [5.41, 5.74) is 9.69. The number of ether oxygens (including phenoxy) is 1. The van der Waals surface area contributed by atoms with Crippen molar-refractivity contribution in [2.75, 3.05) is 51.0 Å². The minimum absolute atomic E-state index is 0.0948. The molecule has 5 rings (SSSR count). The second kappa shape index (κ2) is 11.3. The number of nitrogens with zero attached hydrogens (tertiary/aromatic N) is 8. The van der Waals surface area contributed by atoms with Gasteiger partial charge >= 0.3 is 0 Å². The summed E-state index contributed by atoms with van der Waals surface area (Å²) < 4.78 is 7.77. The highest BCUT2D eigenvalue weighted by atomic mass is 16.5. The molecule has 1 aromatic carbocycles. The second-order valence-electron chi connectivity index (χ2n) is 9.91. The summed E-state index contributed by atoms with van der Waals surface area (Å²) in [6.45, 7) is 8.27. The molecule has 4 heterocycles. The number of hydrogen-bond acceptors (Lipinski definition) is 10. The molecule has 0 bridgehead atoms. The quantitative estimate of drug-likeness (QED) is 0.349. The van der Waals surface area contributed by atoms with Crippen molar-refractivity contribution in [2.45, 2.75) is 33.0 Å². The van der Waals surface area contributed by atoms with Gasteiger partial charge in [-0.3, -0.25) is 9.69 Å². The predicted molar refractivity (Wildman–Crippen MR) is 149 cm³/mol. The van der Waals surface area contributed by atoms with Crippen molar-refractivity contribution in [2.24, 2.45) is 0 Å². The lowest BCUT2D eigenvalue weighted by atomic mass is 10.1. The van der Waals surface area contributed by atoms with E-state index in [0.717, 1.165) is 41.5 Å². The van der Waals surface area contributed by atoms with Gasteiger partial charge in [0.15, 0.2) is 22.8 Å². The Kier molecular flexibility index (Phi) is 7.66. The predicted octanol–water partition coefficient (Wildman–Crippen LogP) is 2.27. The van der Waals surface area contributed by atoms with E-state index in [1.165, 1.54) is 0 Å². The van der Waals surface area contributed by atoms with Gasteiger partial charge in [0.25, 0.3) is 5.91 Å². The van der Waals surface area contributed by atoms with Crippen molar-refractivity contribution in [1.29, 1.82) is 0 Å². The molecular weight excluding hydrogens is 496 g/mol. The Morgan fingerprint density at radius 1 is 1.08 bits per heavy atom. The zero-order valence-electron chi connectivity index (χ0n) is 22.8. The van der Waals surface area contributed by atoms with E-state index in [9.17, 15) is 4.79 Å². The Labute approximate surface area is 227 Å². The van der Waals surface area contributed by atoms with Crippen molar-refractivity contribution in [1.82, 2.24) is 39.7 Å². The van der Waals surface area contributed by atoms with Crippen LogP contribution in [-0.4, -0.2) is 80.7 Å². The maximum atomic E-state index is 11.9. The summed E-state index contributed by atoms with van der Waals surface area (Å²) in [6.07, 6.45) is 3.29. The number of anilines is 2. The summed E-state index contributed by atoms with van der Waals surface area (Å²) in [5, 5.41) is 2.65. The monoisotopic (exact) mass is 530 g/mol. The molecule has 12 heteroatoms. The molecule has 39 heavy (non-hydrogen) atoms. The first-order chi connectivity index (χ1) is 18.8. The number of fused-ring (bicyclic) bond motifs is 1. The lowest BCUT2D eigenvalue weighted by molar-refractivity contribution is 0.0963. The fraction of sp³-hybridized carbons (Fsp3) is 0.407. The minimum Gasteiger partial charge on any atom is -0.378 e. The number of carbonyl (C=O) groups is 1. The van der Waals surface area contributed by atoms with E-state index in [-0.39, 0.29) is 17.9 Å². The van der Waals surface area contributed by atoms with Gasteiger partial charge in [-0.05, 0) is 38.6 Å². The number of rotatable bonds is 8. The van der Waals surface area contributed by atoms with Gasteiger partial charge in [0.2, 0.25) is 5.95 Å². The highest BCUT2D eigenvalue weighted by molar-refractivity contribution is 5.94. The Balaban J connectivity index is 1.51. The number of hydrogen-bond donors (Lipinski definition) is 2. The maximum Gasteiger partial charge on any atom is 0.251 e. The number of nitrogens with two attached hydrogens (primary N) is 1. The number of imidazole rings is 1. The average Bonchev–Trinajstić information content (AvgIpc) is 3.31. The SMILES string of the molecule is CNC(=O)c1ccc(CN(C)Cc2nc3c(N4CCOCC4)nc(-c4cnc(N)nc4)nc3n2C(C)C)cc1. The molecule has 1 saturated heterocycles. The number of nitrogen functional groups attached to an aromatic ring is 1. The van der Waals surface area contributed by atoms with Crippen LogP contribution in [-0.2, 0) is 17.8 Å². The molecule has 0 unspecified atom stereocenters. The van der Waals surface area contributed by atoms with E-state index in [0.29, 0.717) is 43.3 Å². The molecule has 1 amide bonds. The average molecular weight is 531 g/mol. The molecular formula is C27H34N10O2. The van der Waals surface area contributed by atoms with Crippen LogP contribution in [0, 0.1) is 0 Å². The number of amides is 1. The maximum absolute atomic E-state index is 11.9. The van der Waals surface area contributed by atoms with Crippen molar-refractivity contribution >= 4 is 28.8 Å². The first kappa shape index (κ1) is 26.4. The first-order valence-electron chi connectivity index (χ1n) is 13.0. The Morgan fingerprint density at radius 3 is 2.41 bits per heavy atom. The number of nitrogens with one attached hydrogen (secondary N) is 1. The smallest absolute Gasteiger partial charge is 0.251 e. The summed E-state index contributed by atoms with van der Waals surface area (Å²) in [6, 6.07) is 7.77. The van der Waals surface area contributed by atoms with Crippen molar-refractivity contribution in [3.05, 3.63) is 53.6 Å². The zero-order chi connectivity index (χ0) is 27.5. The molecule has 1 fully saturated rings. The first-order valence-corrected chi connectivity index (χ1v) is 13.0. The van der Waals surface area contributed by atoms with Gasteiger partial charge in [-0.1, -0.05) is 12.1 Å². The van der Waals surface area contributed by atoms with Crippen LogP contribution in [0.4, 0.5) is 11.8 Å². The molecule has 0 saturated carbocycles. The molecule has 4 aromatic rings. The number of benzene rings is 1. The molecule has 1 aliphatic heterocycles. The van der Waals surface area contributed by atoms with Gasteiger partial charge in [0.05, 0.1) is 25.3 Å². The van der Waals surface area contributed by atoms with Crippen LogP contribution in [0.2, 0.25) is 0 Å². The van der Waals surface area contributed by atoms with E-state index in [1.54, 1.807) is 19.4 Å². The van der Waals surface area contributed by atoms with Crippen molar-refractivity contribution < 1.29 is 9.53 Å². The van der Waals surface area contributed by atoms with Gasteiger partial charge < -0.3 is 25.3 Å². The van der Waals surface area contributed by atoms with Crippen LogP contribution in [0.25, 0.3) is 22.6 Å². The van der Waals surface area contributed by atoms with Gasteiger partial charge in [-0.2, -0.15) is 0 Å². The Bertz CT molecular complexity index is 1440. The third kappa shape index (κ3) is 5.66. The fourth-order valence-corrected chi connectivity index (χ4v) is 4.75. The zero-order valence-corrected chi connectivity index (χ0v) is 22.8. The van der Waals surface area contributed by atoms with E-state index in [1.807, 2.05) is 24.3 Å². The third-order valence-corrected chi connectivity index (χ3v) is 6.66. The number of morpholine rings is 1. The molecule has 0 spiro atoms. The summed E-state index contributed by atoms with van der Waals surface area (Å²) in [4.78, 5) is 39.5. The summed E-state index contributed by atoms with van der Waals surface area (Å²) >= 11 is 0. The Morgan fingerprint density at radius 2 is 1.77 bits per heavy atom. The van der Waals surface area contributed by atoms with E-state index < -0.39 is 0 Å². The van der Waals surface area contributed by atoms with Crippen LogP contribution in [0.1, 0.15) is 41.6 Å². The normalized spacial score (nSPS) is 13.9. The van der Waals surface area contributed by atoms with E-state index >= 15 is 0 Å². The molecule has 0 aliphatic carbocycles. The van der Waals surface area contributed by atoms with Crippen LogP contribution >= 0.6 is 0 Å². The molecule has 1 aliphatic rings. The highest BCUT2D eigenvalue weighted by Gasteiger charge is 2.25. The molecule has 204 valence electrons. The molecule has 0 radical (unpaired) electrons. The van der Waals surface area contributed by atoms with Crippen LogP contribution in [0.3, 0.4) is 0 Å². The largest absolute Gasteiger partial charge is 0.378 e. The van der Waals surface area contributed by atoms with Gasteiger partial charge in [0.1, 0.15) is 5.82 Å². The van der Waals surface area contributed by atoms with Crippen LogP contribution in [0.15, 0.2) is 36.7 Å². The number of carbonyl (C=O) groups excluding carboxylic acids is 1. The minimum atomic E-state index is -0.0948. The summed E-state index contributed by atoms with van der Waals surface area (Å²) in [7, 11) is 3.69. The van der Waals surface area contributed by atoms with Crippen molar-refractivity contribution in [3.8, 4) is 11.4 Å². The van der Waals surface area contributed by atoms with Gasteiger partial charge in [0, 0.05) is 50.7 Å². The summed E-state index contributed by atoms with van der Waals surface area (Å²) in [5.74, 6) is 2.32. The van der Waals surface area contributed by atoms with Gasteiger partial charge in [-0.25, -0.2) is 24.9 Å². The van der Waals surface area contributed by atoms with Crippen LogP contribution in [0.5, 0.6) is 0 Å². The van der Waals surface area contributed by atoms with Crippen LogP contribution < -0.4 is 16.0 Å². The third-order valence-electron chi connectivity index (χ3n) is 6.66. The topological polar surface area (TPSA) is 140 Å². The lowest BCUT2D eigenvalue weighted by Gasteiger charge is -2.28. The Hall–Kier alpha value is -4.16. The fourth-order valence-electron chi connectivity index (χ4n) is 4.75. The molecule has 12 nitrogen and oxygen atoms in total. The number of aromatic nitrogens is 6. The second-order valence-corrected chi connectivity index (χ2v) is 9.91. The van der Waals surface area contributed by atoms with E-state index in [2.05, 4.69) is 50.5 Å². The lowest BCUT2D eigenvalue weighted by Crippen LogP contribution is -2.37. The molecule has 3 N–H and O–H groups in total. The molecule has 3 aromatic heterocycles. The van der Waals surface area contributed by atoms with Gasteiger partial charge in [-0.15, -0.1) is 0 Å². The standard InChI is InChI=1S/C27H34N10O2/c1-17(2)37-21(16-35(4)15-18-5-7-19(8-6-18)26(38)29-3)32-22-24(36-9-11-39-12-10-36)33-23(34-25(22)37)20-13-30-27(28)31-14-20/h5-8,13-14,17H,9-12,15-16H2,1-4H3,(H,29,38)(H2,28,30,31). The molecule has 0 atom stereocenters. The van der Waals surface area contributed by atoms with E-state index in [4.69, 9.17) is 25.4 Å².